The third-order valence-corrected chi connectivity index (χ3v) is 3.57. The van der Waals surface area contributed by atoms with Gasteiger partial charge in [0.25, 0.3) is 0 Å². The number of aliphatic hydroxyl groups is 1. The average Bonchev–Trinajstić information content (AvgIpc) is 2.29. The highest BCUT2D eigenvalue weighted by Crippen LogP contribution is 2.42. The molecule has 2 rings (SSSR count). The van der Waals surface area contributed by atoms with Gasteiger partial charge in [0.05, 0.1) is 6.10 Å². The number of anilines is 2. The van der Waals surface area contributed by atoms with Crippen molar-refractivity contribution >= 4 is 11.5 Å². The monoisotopic (exact) mass is 221 g/mol. The van der Waals surface area contributed by atoms with Crippen molar-refractivity contribution in [2.75, 3.05) is 17.7 Å². The Morgan fingerprint density at radius 1 is 1.50 bits per heavy atom. The molecular formula is C12H19N3O. The Morgan fingerprint density at radius 3 is 2.81 bits per heavy atom. The van der Waals surface area contributed by atoms with Gasteiger partial charge in [-0.1, -0.05) is 13.8 Å². The van der Waals surface area contributed by atoms with Crippen molar-refractivity contribution in [2.24, 2.45) is 5.41 Å². The van der Waals surface area contributed by atoms with Crippen LogP contribution in [0, 0.1) is 5.41 Å². The molecule has 1 fully saturated rings. The molecule has 88 valence electrons. The van der Waals surface area contributed by atoms with E-state index in [1.807, 2.05) is 19.2 Å². The van der Waals surface area contributed by atoms with Gasteiger partial charge in [-0.2, -0.15) is 0 Å². The van der Waals surface area contributed by atoms with Crippen molar-refractivity contribution in [3.05, 3.63) is 18.3 Å². The standard InChI is InChI=1S/C12H19N3O/c1-12(2)9(7-10(12)16)15-8-4-5-14-11(6-8)13-3/h4-6,9-10,16H,7H2,1-3H3,(H2,13,14,15). The lowest BCUT2D eigenvalue weighted by Gasteiger charge is -2.49. The molecule has 0 aromatic carbocycles. The first kappa shape index (κ1) is 11.2. The van der Waals surface area contributed by atoms with Crippen LogP contribution in [0.3, 0.4) is 0 Å². The van der Waals surface area contributed by atoms with Gasteiger partial charge >= 0.3 is 0 Å². The van der Waals surface area contributed by atoms with Gasteiger partial charge in [-0.25, -0.2) is 4.98 Å². The summed E-state index contributed by atoms with van der Waals surface area (Å²) in [4.78, 5) is 4.16. The molecule has 3 N–H and O–H groups in total. The number of nitrogens with zero attached hydrogens (tertiary/aromatic N) is 1. The molecular weight excluding hydrogens is 202 g/mol. The van der Waals surface area contributed by atoms with E-state index in [1.165, 1.54) is 0 Å². The molecule has 1 aromatic heterocycles. The van der Waals surface area contributed by atoms with Crippen LogP contribution in [0.4, 0.5) is 11.5 Å². The zero-order chi connectivity index (χ0) is 11.8. The van der Waals surface area contributed by atoms with Crippen molar-refractivity contribution in [3.8, 4) is 0 Å². The minimum atomic E-state index is -0.199. The molecule has 0 saturated heterocycles. The second kappa shape index (κ2) is 3.94. The second-order valence-electron chi connectivity index (χ2n) is 4.95. The fourth-order valence-corrected chi connectivity index (χ4v) is 2.01. The molecule has 2 atom stereocenters. The van der Waals surface area contributed by atoms with Crippen LogP contribution in [0.2, 0.25) is 0 Å². The van der Waals surface area contributed by atoms with E-state index in [0.717, 1.165) is 17.9 Å². The summed E-state index contributed by atoms with van der Waals surface area (Å²) in [6.45, 7) is 4.16. The minimum absolute atomic E-state index is 0.0525. The third kappa shape index (κ3) is 1.85. The molecule has 1 saturated carbocycles. The Labute approximate surface area is 96.1 Å². The number of aromatic nitrogens is 1. The number of hydrogen-bond donors (Lipinski definition) is 3. The van der Waals surface area contributed by atoms with E-state index in [-0.39, 0.29) is 11.5 Å². The molecule has 4 heteroatoms. The summed E-state index contributed by atoms with van der Waals surface area (Å²) in [5.41, 5.74) is 0.993. The predicted molar refractivity (Wildman–Crippen MR) is 65.6 cm³/mol. The molecule has 2 unspecified atom stereocenters. The topological polar surface area (TPSA) is 57.2 Å². The lowest BCUT2D eigenvalue weighted by molar-refractivity contribution is -0.0510. The fourth-order valence-electron chi connectivity index (χ4n) is 2.01. The van der Waals surface area contributed by atoms with E-state index in [9.17, 15) is 5.11 Å². The molecule has 1 aromatic rings. The van der Waals surface area contributed by atoms with Crippen LogP contribution in [-0.4, -0.2) is 29.3 Å². The molecule has 16 heavy (non-hydrogen) atoms. The molecule has 0 spiro atoms. The SMILES string of the molecule is CNc1cc(NC2CC(O)C2(C)C)ccn1. The normalized spacial score (nSPS) is 27.0. The first-order valence-electron chi connectivity index (χ1n) is 5.62. The Balaban J connectivity index is 2.05. The van der Waals surface area contributed by atoms with Crippen LogP contribution in [0.15, 0.2) is 18.3 Å². The average molecular weight is 221 g/mol. The summed E-state index contributed by atoms with van der Waals surface area (Å²) >= 11 is 0. The summed E-state index contributed by atoms with van der Waals surface area (Å²) in [5, 5.41) is 16.1. The van der Waals surface area contributed by atoms with Crippen molar-refractivity contribution in [3.63, 3.8) is 0 Å². The molecule has 0 radical (unpaired) electrons. The third-order valence-electron chi connectivity index (χ3n) is 3.57. The van der Waals surface area contributed by atoms with Gasteiger partial charge < -0.3 is 15.7 Å². The minimum Gasteiger partial charge on any atom is -0.392 e. The van der Waals surface area contributed by atoms with Gasteiger partial charge in [0.15, 0.2) is 0 Å². The molecule has 0 bridgehead atoms. The molecule has 0 aliphatic heterocycles. The summed E-state index contributed by atoms with van der Waals surface area (Å²) in [5.74, 6) is 0.850. The molecule has 1 heterocycles. The molecule has 4 nitrogen and oxygen atoms in total. The Bertz CT molecular complexity index is 378. The van der Waals surface area contributed by atoms with Crippen LogP contribution in [-0.2, 0) is 0 Å². The fraction of sp³-hybridized carbons (Fsp3) is 0.583. The smallest absolute Gasteiger partial charge is 0.127 e. The van der Waals surface area contributed by atoms with E-state index in [2.05, 4.69) is 29.5 Å². The van der Waals surface area contributed by atoms with Gasteiger partial charge in [0.1, 0.15) is 5.82 Å². The van der Waals surface area contributed by atoms with Gasteiger partial charge in [0, 0.05) is 36.5 Å². The lowest BCUT2D eigenvalue weighted by Crippen LogP contribution is -2.56. The number of pyridine rings is 1. The van der Waals surface area contributed by atoms with Crippen molar-refractivity contribution < 1.29 is 5.11 Å². The number of rotatable bonds is 3. The quantitative estimate of drug-likeness (QED) is 0.727. The highest BCUT2D eigenvalue weighted by molar-refractivity contribution is 5.52. The van der Waals surface area contributed by atoms with Gasteiger partial charge in [0.2, 0.25) is 0 Å². The maximum absolute atomic E-state index is 9.66. The number of hydrogen-bond acceptors (Lipinski definition) is 4. The molecule has 0 amide bonds. The zero-order valence-corrected chi connectivity index (χ0v) is 9.99. The summed E-state index contributed by atoms with van der Waals surface area (Å²) < 4.78 is 0. The van der Waals surface area contributed by atoms with Crippen LogP contribution >= 0.6 is 0 Å². The van der Waals surface area contributed by atoms with Crippen LogP contribution in [0.5, 0.6) is 0 Å². The highest BCUT2D eigenvalue weighted by atomic mass is 16.3. The van der Waals surface area contributed by atoms with Crippen molar-refractivity contribution in [1.82, 2.24) is 4.98 Å². The Kier molecular flexibility index (Phi) is 2.76. The van der Waals surface area contributed by atoms with Crippen LogP contribution in [0.1, 0.15) is 20.3 Å². The van der Waals surface area contributed by atoms with Gasteiger partial charge in [-0.3, -0.25) is 0 Å². The van der Waals surface area contributed by atoms with Crippen LogP contribution in [0.25, 0.3) is 0 Å². The van der Waals surface area contributed by atoms with E-state index < -0.39 is 0 Å². The van der Waals surface area contributed by atoms with E-state index in [1.54, 1.807) is 6.20 Å². The zero-order valence-electron chi connectivity index (χ0n) is 9.99. The summed E-state index contributed by atoms with van der Waals surface area (Å²) in [7, 11) is 1.85. The largest absolute Gasteiger partial charge is 0.392 e. The summed E-state index contributed by atoms with van der Waals surface area (Å²) in [6.07, 6.45) is 2.39. The van der Waals surface area contributed by atoms with Gasteiger partial charge in [-0.05, 0) is 12.5 Å². The van der Waals surface area contributed by atoms with E-state index in [4.69, 9.17) is 0 Å². The maximum atomic E-state index is 9.66. The molecule has 1 aliphatic rings. The van der Waals surface area contributed by atoms with Crippen molar-refractivity contribution in [2.45, 2.75) is 32.4 Å². The second-order valence-corrected chi connectivity index (χ2v) is 4.95. The highest BCUT2D eigenvalue weighted by Gasteiger charge is 2.47. The maximum Gasteiger partial charge on any atom is 0.127 e. The Morgan fingerprint density at radius 2 is 2.25 bits per heavy atom. The first-order valence-corrected chi connectivity index (χ1v) is 5.62. The first-order chi connectivity index (χ1) is 7.54. The number of nitrogens with one attached hydrogen (secondary N) is 2. The van der Waals surface area contributed by atoms with Gasteiger partial charge in [-0.15, -0.1) is 0 Å². The molecule has 1 aliphatic carbocycles. The van der Waals surface area contributed by atoms with E-state index in [0.29, 0.717) is 6.04 Å². The van der Waals surface area contributed by atoms with E-state index >= 15 is 0 Å². The predicted octanol–water partition coefficient (Wildman–Crippen LogP) is 1.69. The summed E-state index contributed by atoms with van der Waals surface area (Å²) in [6, 6.07) is 4.25. The van der Waals surface area contributed by atoms with Crippen molar-refractivity contribution in [1.29, 1.82) is 0 Å². The lowest BCUT2D eigenvalue weighted by atomic mass is 9.64. The van der Waals surface area contributed by atoms with Crippen LogP contribution < -0.4 is 10.6 Å². The Hall–Kier alpha value is -1.29. The number of aliphatic hydroxyl groups excluding tert-OH is 1.